The Morgan fingerprint density at radius 1 is 1.36 bits per heavy atom. The zero-order chi connectivity index (χ0) is 8.85. The van der Waals surface area contributed by atoms with Crippen molar-refractivity contribution in [2.45, 2.75) is 40.2 Å². The monoisotopic (exact) mass is 171 g/mol. The largest absolute Gasteiger partial charge is 0.314 e. The lowest BCUT2D eigenvalue weighted by molar-refractivity contribution is 0.588. The fourth-order valence-electron chi connectivity index (χ4n) is 0.798. The second-order valence-corrected chi connectivity index (χ2v) is 5.14. The van der Waals surface area contributed by atoms with E-state index in [1.54, 1.807) is 10.8 Å². The van der Waals surface area contributed by atoms with Gasteiger partial charge in [-0.2, -0.15) is 0 Å². The van der Waals surface area contributed by atoms with Crippen molar-refractivity contribution in [3.63, 3.8) is 0 Å². The lowest BCUT2D eigenvalue weighted by atomic mass is 10.2. The summed E-state index contributed by atoms with van der Waals surface area (Å²) < 4.78 is 0. The maximum absolute atomic E-state index is 3.41. The third kappa shape index (κ3) is 6.32. The SMILES string of the molecule is CC([SiH3])=C(C)CCNC(C)C. The van der Waals surface area contributed by atoms with Gasteiger partial charge in [-0.25, -0.2) is 0 Å². The summed E-state index contributed by atoms with van der Waals surface area (Å²) in [5, 5.41) is 5.01. The number of hydrogen-bond donors (Lipinski definition) is 1. The van der Waals surface area contributed by atoms with Crippen molar-refractivity contribution in [3.8, 4) is 0 Å². The highest BCUT2D eigenvalue weighted by Crippen LogP contribution is 2.02. The molecular formula is C9H21NSi. The Balaban J connectivity index is 3.48. The van der Waals surface area contributed by atoms with E-state index in [0.29, 0.717) is 6.04 Å². The predicted molar refractivity (Wildman–Crippen MR) is 56.1 cm³/mol. The molecule has 2 heteroatoms. The Morgan fingerprint density at radius 3 is 2.27 bits per heavy atom. The van der Waals surface area contributed by atoms with Gasteiger partial charge in [0.15, 0.2) is 0 Å². The summed E-state index contributed by atoms with van der Waals surface area (Å²) >= 11 is 0. The molecule has 0 aliphatic rings. The van der Waals surface area contributed by atoms with Gasteiger partial charge in [0.2, 0.25) is 0 Å². The molecule has 0 saturated heterocycles. The molecule has 1 N–H and O–H groups in total. The number of rotatable bonds is 4. The van der Waals surface area contributed by atoms with Gasteiger partial charge in [-0.1, -0.05) is 24.6 Å². The fraction of sp³-hybridized carbons (Fsp3) is 0.778. The maximum atomic E-state index is 3.41. The predicted octanol–water partition coefficient (Wildman–Crippen LogP) is 1.03. The van der Waals surface area contributed by atoms with Crippen LogP contribution in [0.2, 0.25) is 0 Å². The highest BCUT2D eigenvalue weighted by Gasteiger charge is 1.94. The van der Waals surface area contributed by atoms with Crippen LogP contribution in [0.15, 0.2) is 10.8 Å². The van der Waals surface area contributed by atoms with Crippen molar-refractivity contribution >= 4 is 10.2 Å². The molecule has 0 saturated carbocycles. The van der Waals surface area contributed by atoms with Crippen LogP contribution in [-0.4, -0.2) is 22.8 Å². The van der Waals surface area contributed by atoms with Gasteiger partial charge in [0.25, 0.3) is 0 Å². The zero-order valence-corrected chi connectivity index (χ0v) is 10.5. The molecule has 0 heterocycles. The molecule has 0 aliphatic carbocycles. The summed E-state index contributed by atoms with van der Waals surface area (Å²) in [6.07, 6.45) is 1.22. The molecule has 0 amide bonds. The summed E-state index contributed by atoms with van der Waals surface area (Å²) in [5.41, 5.74) is 1.57. The van der Waals surface area contributed by atoms with Crippen LogP contribution in [0.5, 0.6) is 0 Å². The second-order valence-electron chi connectivity index (χ2n) is 3.64. The standard InChI is InChI=1S/C9H21NSi/c1-7(2)10-6-5-8(3)9(4)11/h7,10H,5-6H2,1-4,11H3. The average molecular weight is 171 g/mol. The molecule has 0 spiro atoms. The van der Waals surface area contributed by atoms with Crippen LogP contribution in [0, 0.1) is 0 Å². The summed E-state index contributed by atoms with van der Waals surface area (Å²) in [5.74, 6) is 0. The number of nitrogens with one attached hydrogen (secondary N) is 1. The summed E-state index contributed by atoms with van der Waals surface area (Å²) in [6.45, 7) is 9.98. The molecule has 0 bridgehead atoms. The number of allylic oxidation sites excluding steroid dienone is 1. The van der Waals surface area contributed by atoms with Crippen molar-refractivity contribution in [3.05, 3.63) is 10.8 Å². The highest BCUT2D eigenvalue weighted by atomic mass is 28.1. The Morgan fingerprint density at radius 2 is 1.91 bits per heavy atom. The Labute approximate surface area is 73.7 Å². The van der Waals surface area contributed by atoms with Crippen molar-refractivity contribution in [1.29, 1.82) is 0 Å². The zero-order valence-electron chi connectivity index (χ0n) is 8.49. The minimum atomic E-state index is 0.622. The van der Waals surface area contributed by atoms with E-state index in [0.717, 1.165) is 6.54 Å². The fourth-order valence-corrected chi connectivity index (χ4v) is 1.05. The van der Waals surface area contributed by atoms with E-state index in [-0.39, 0.29) is 0 Å². The molecule has 1 nitrogen and oxygen atoms in total. The molecule has 66 valence electrons. The van der Waals surface area contributed by atoms with Crippen LogP contribution >= 0.6 is 0 Å². The van der Waals surface area contributed by atoms with E-state index in [1.165, 1.54) is 16.7 Å². The third-order valence-corrected chi connectivity index (χ3v) is 2.76. The van der Waals surface area contributed by atoms with Gasteiger partial charge in [-0.05, 0) is 26.8 Å². The van der Waals surface area contributed by atoms with Crippen LogP contribution in [0.25, 0.3) is 0 Å². The van der Waals surface area contributed by atoms with Gasteiger partial charge in [0.1, 0.15) is 0 Å². The summed E-state index contributed by atoms with van der Waals surface area (Å²) in [6, 6.07) is 0.622. The molecule has 0 aromatic heterocycles. The molecule has 0 radical (unpaired) electrons. The molecule has 0 aromatic carbocycles. The topological polar surface area (TPSA) is 12.0 Å². The first-order valence-corrected chi connectivity index (χ1v) is 5.40. The Kier molecular flexibility index (Phi) is 5.51. The van der Waals surface area contributed by atoms with E-state index in [9.17, 15) is 0 Å². The van der Waals surface area contributed by atoms with Crippen LogP contribution in [-0.2, 0) is 0 Å². The van der Waals surface area contributed by atoms with E-state index < -0.39 is 0 Å². The molecule has 0 rings (SSSR count). The van der Waals surface area contributed by atoms with Gasteiger partial charge >= 0.3 is 0 Å². The quantitative estimate of drug-likeness (QED) is 0.623. The molecule has 0 aliphatic heterocycles. The molecule has 0 aromatic rings. The smallest absolute Gasteiger partial charge is 0.0328 e. The first-order valence-electron chi connectivity index (χ1n) is 4.40. The minimum Gasteiger partial charge on any atom is -0.314 e. The molecule has 11 heavy (non-hydrogen) atoms. The van der Waals surface area contributed by atoms with Gasteiger partial charge in [-0.3, -0.25) is 0 Å². The van der Waals surface area contributed by atoms with Gasteiger partial charge in [-0.15, -0.1) is 0 Å². The van der Waals surface area contributed by atoms with Crippen LogP contribution in [0.1, 0.15) is 34.1 Å². The Bertz CT molecular complexity index is 134. The van der Waals surface area contributed by atoms with Crippen molar-refractivity contribution < 1.29 is 0 Å². The molecule has 0 unspecified atom stereocenters. The first kappa shape index (κ1) is 10.9. The Hall–Kier alpha value is -0.0831. The van der Waals surface area contributed by atoms with E-state index in [1.807, 2.05) is 0 Å². The molecule has 0 fully saturated rings. The minimum absolute atomic E-state index is 0.622. The van der Waals surface area contributed by atoms with Crippen LogP contribution in [0.4, 0.5) is 0 Å². The number of hydrogen-bond acceptors (Lipinski definition) is 1. The van der Waals surface area contributed by atoms with Gasteiger partial charge < -0.3 is 5.32 Å². The average Bonchev–Trinajstić information content (AvgIpc) is 1.86. The van der Waals surface area contributed by atoms with E-state index >= 15 is 0 Å². The van der Waals surface area contributed by atoms with Crippen LogP contribution in [0.3, 0.4) is 0 Å². The summed E-state index contributed by atoms with van der Waals surface area (Å²) in [7, 11) is 1.22. The van der Waals surface area contributed by atoms with E-state index in [2.05, 4.69) is 33.0 Å². The lowest BCUT2D eigenvalue weighted by Gasteiger charge is -2.08. The molecule has 0 atom stereocenters. The van der Waals surface area contributed by atoms with E-state index in [4.69, 9.17) is 0 Å². The van der Waals surface area contributed by atoms with Gasteiger partial charge in [0.05, 0.1) is 0 Å². The van der Waals surface area contributed by atoms with Crippen molar-refractivity contribution in [1.82, 2.24) is 5.32 Å². The third-order valence-electron chi connectivity index (χ3n) is 1.91. The normalized spacial score (nSPS) is 13.9. The summed E-state index contributed by atoms with van der Waals surface area (Å²) in [4.78, 5) is 0. The lowest BCUT2D eigenvalue weighted by Crippen LogP contribution is -2.23. The van der Waals surface area contributed by atoms with Crippen molar-refractivity contribution in [2.24, 2.45) is 0 Å². The second kappa shape index (κ2) is 5.55. The molecular weight excluding hydrogens is 150 g/mol. The van der Waals surface area contributed by atoms with Crippen molar-refractivity contribution in [2.75, 3.05) is 6.54 Å². The van der Waals surface area contributed by atoms with Gasteiger partial charge in [0, 0.05) is 16.3 Å². The maximum Gasteiger partial charge on any atom is 0.0328 e. The highest BCUT2D eigenvalue weighted by molar-refractivity contribution is 6.21. The first-order chi connectivity index (χ1) is 5.04. The van der Waals surface area contributed by atoms with Crippen LogP contribution < -0.4 is 5.32 Å².